The molecule has 0 N–H and O–H groups in total. The molecule has 164 valence electrons. The van der Waals surface area contributed by atoms with Crippen LogP contribution < -0.4 is 0 Å². The monoisotopic (exact) mass is 446 g/mol. The minimum atomic E-state index is -3.57. The summed E-state index contributed by atoms with van der Waals surface area (Å²) < 4.78 is 28.2. The van der Waals surface area contributed by atoms with Crippen molar-refractivity contribution in [1.29, 1.82) is 0 Å². The van der Waals surface area contributed by atoms with Crippen LogP contribution in [0.1, 0.15) is 18.1 Å². The van der Waals surface area contributed by atoms with Gasteiger partial charge in [-0.3, -0.25) is 4.79 Å². The highest BCUT2D eigenvalue weighted by Crippen LogP contribution is 2.28. The second kappa shape index (κ2) is 9.40. The third-order valence-corrected chi connectivity index (χ3v) is 7.25. The number of para-hydroxylation sites is 1. The molecule has 0 unspecified atom stereocenters. The minimum Gasteiger partial charge on any atom is -0.337 e. The fourth-order valence-corrected chi connectivity index (χ4v) is 5.47. The van der Waals surface area contributed by atoms with Gasteiger partial charge in [0.05, 0.1) is 10.6 Å². The molecule has 0 aliphatic carbocycles. The molecule has 1 aromatic heterocycles. The average molecular weight is 447 g/mol. The van der Waals surface area contributed by atoms with Gasteiger partial charge in [-0.05, 0) is 24.1 Å². The molecule has 4 aromatic rings. The van der Waals surface area contributed by atoms with Crippen LogP contribution in [0.5, 0.6) is 0 Å². The quantitative estimate of drug-likeness (QED) is 0.395. The number of hydrogen-bond donors (Lipinski definition) is 0. The molecule has 0 spiro atoms. The smallest absolute Gasteiger partial charge is 0.242 e. The van der Waals surface area contributed by atoms with E-state index in [0.29, 0.717) is 18.5 Å². The average Bonchev–Trinajstić information content (AvgIpc) is 3.18. The van der Waals surface area contributed by atoms with Crippen molar-refractivity contribution >= 4 is 26.6 Å². The lowest BCUT2D eigenvalue weighted by atomic mass is 10.2. The molecule has 4 rings (SSSR count). The van der Waals surface area contributed by atoms with Crippen LogP contribution in [0.25, 0.3) is 10.9 Å². The van der Waals surface area contributed by atoms with Crippen LogP contribution in [0.15, 0.2) is 96.0 Å². The van der Waals surface area contributed by atoms with E-state index in [2.05, 4.69) is 0 Å². The standard InChI is InChI=1S/C26H26N2O3S/c1-2-27(17-21-11-5-3-6-12-21)26(29)19-28-18-25(23-15-9-10-16-24(23)28)32(30,31)20-22-13-7-4-8-14-22/h3-16,18H,2,17,19-20H2,1H3. The van der Waals surface area contributed by atoms with Gasteiger partial charge in [-0.2, -0.15) is 0 Å². The molecule has 1 heterocycles. The molecular weight excluding hydrogens is 420 g/mol. The molecular formula is C26H26N2O3S. The Hall–Kier alpha value is -3.38. The maximum absolute atomic E-state index is 13.2. The Morgan fingerprint density at radius 2 is 1.44 bits per heavy atom. The van der Waals surface area contributed by atoms with Crippen LogP contribution in [0.2, 0.25) is 0 Å². The summed E-state index contributed by atoms with van der Waals surface area (Å²) in [5, 5.41) is 0.641. The molecule has 5 nitrogen and oxygen atoms in total. The van der Waals surface area contributed by atoms with Crippen molar-refractivity contribution < 1.29 is 13.2 Å². The van der Waals surface area contributed by atoms with Gasteiger partial charge in [0.1, 0.15) is 6.54 Å². The maximum Gasteiger partial charge on any atom is 0.242 e. The van der Waals surface area contributed by atoms with E-state index in [0.717, 1.165) is 16.6 Å². The van der Waals surface area contributed by atoms with Crippen molar-refractivity contribution in [3.63, 3.8) is 0 Å². The molecule has 0 saturated carbocycles. The first-order valence-electron chi connectivity index (χ1n) is 10.6. The van der Waals surface area contributed by atoms with E-state index in [1.165, 1.54) is 0 Å². The van der Waals surface area contributed by atoms with Gasteiger partial charge in [-0.1, -0.05) is 78.9 Å². The third kappa shape index (κ3) is 4.75. The van der Waals surface area contributed by atoms with Gasteiger partial charge < -0.3 is 9.47 Å². The fraction of sp³-hybridized carbons (Fsp3) is 0.192. The van der Waals surface area contributed by atoms with Crippen LogP contribution in [0.3, 0.4) is 0 Å². The summed E-state index contributed by atoms with van der Waals surface area (Å²) in [4.78, 5) is 15.1. The highest BCUT2D eigenvalue weighted by Gasteiger charge is 2.23. The zero-order valence-electron chi connectivity index (χ0n) is 18.0. The summed E-state index contributed by atoms with van der Waals surface area (Å²) in [5.41, 5.74) is 2.54. The van der Waals surface area contributed by atoms with Gasteiger partial charge in [0.2, 0.25) is 5.91 Å². The largest absolute Gasteiger partial charge is 0.337 e. The Labute approximate surface area is 188 Å². The molecule has 6 heteroatoms. The Morgan fingerprint density at radius 3 is 2.09 bits per heavy atom. The predicted molar refractivity (Wildman–Crippen MR) is 127 cm³/mol. The Balaban J connectivity index is 1.63. The summed E-state index contributed by atoms with van der Waals surface area (Å²) in [6.07, 6.45) is 1.61. The number of sulfone groups is 1. The van der Waals surface area contributed by atoms with Crippen LogP contribution >= 0.6 is 0 Å². The summed E-state index contributed by atoms with van der Waals surface area (Å²) in [6.45, 7) is 3.13. The van der Waals surface area contributed by atoms with Crippen molar-refractivity contribution in [2.45, 2.75) is 30.7 Å². The van der Waals surface area contributed by atoms with Crippen LogP contribution in [0, 0.1) is 0 Å². The normalized spacial score (nSPS) is 11.5. The van der Waals surface area contributed by atoms with Crippen molar-refractivity contribution in [1.82, 2.24) is 9.47 Å². The van der Waals surface area contributed by atoms with E-state index in [1.807, 2.05) is 85.8 Å². The number of carbonyl (C=O) groups excluding carboxylic acids is 1. The number of benzene rings is 3. The molecule has 0 radical (unpaired) electrons. The lowest BCUT2D eigenvalue weighted by molar-refractivity contribution is -0.132. The first-order chi connectivity index (χ1) is 15.5. The first kappa shape index (κ1) is 21.8. The summed E-state index contributed by atoms with van der Waals surface area (Å²) in [7, 11) is -3.57. The van der Waals surface area contributed by atoms with Crippen molar-refractivity contribution in [3.8, 4) is 0 Å². The highest BCUT2D eigenvalue weighted by molar-refractivity contribution is 7.90. The molecule has 0 fully saturated rings. The topological polar surface area (TPSA) is 59.4 Å². The van der Waals surface area contributed by atoms with E-state index >= 15 is 0 Å². The van der Waals surface area contributed by atoms with Gasteiger partial charge in [-0.25, -0.2) is 8.42 Å². The molecule has 0 aliphatic rings. The zero-order chi connectivity index (χ0) is 22.6. The molecule has 0 bridgehead atoms. The third-order valence-electron chi connectivity index (χ3n) is 5.54. The van der Waals surface area contributed by atoms with Crippen molar-refractivity contribution in [2.24, 2.45) is 0 Å². The van der Waals surface area contributed by atoms with E-state index in [1.54, 1.807) is 21.7 Å². The summed E-state index contributed by atoms with van der Waals surface area (Å²) in [5.74, 6) is -0.130. The number of likely N-dealkylation sites (N-methyl/N-ethyl adjacent to an activating group) is 1. The molecule has 0 atom stereocenters. The summed E-state index contributed by atoms with van der Waals surface area (Å²) >= 11 is 0. The summed E-state index contributed by atoms with van der Waals surface area (Å²) in [6, 6.07) is 26.3. The van der Waals surface area contributed by atoms with Gasteiger partial charge in [0.15, 0.2) is 9.84 Å². The van der Waals surface area contributed by atoms with E-state index in [4.69, 9.17) is 0 Å². The Morgan fingerprint density at radius 1 is 0.844 bits per heavy atom. The number of aromatic nitrogens is 1. The number of carbonyl (C=O) groups is 1. The van der Waals surface area contributed by atoms with E-state index in [-0.39, 0.29) is 23.1 Å². The van der Waals surface area contributed by atoms with Crippen LogP contribution in [0.4, 0.5) is 0 Å². The number of nitrogens with zero attached hydrogens (tertiary/aromatic N) is 2. The second-order valence-corrected chi connectivity index (χ2v) is 9.73. The van der Waals surface area contributed by atoms with Gasteiger partial charge in [-0.15, -0.1) is 0 Å². The molecule has 0 saturated heterocycles. The van der Waals surface area contributed by atoms with Gasteiger partial charge in [0.25, 0.3) is 0 Å². The van der Waals surface area contributed by atoms with Crippen LogP contribution in [-0.2, 0) is 33.5 Å². The highest BCUT2D eigenvalue weighted by atomic mass is 32.2. The first-order valence-corrected chi connectivity index (χ1v) is 12.3. The Bertz CT molecular complexity index is 1310. The number of amides is 1. The second-order valence-electron chi connectivity index (χ2n) is 7.78. The van der Waals surface area contributed by atoms with Crippen molar-refractivity contribution in [3.05, 3.63) is 102 Å². The van der Waals surface area contributed by atoms with Gasteiger partial charge in [0, 0.05) is 30.2 Å². The fourth-order valence-electron chi connectivity index (χ4n) is 3.89. The number of hydrogen-bond acceptors (Lipinski definition) is 3. The maximum atomic E-state index is 13.2. The minimum absolute atomic E-state index is 0.0517. The lowest BCUT2D eigenvalue weighted by Gasteiger charge is -2.21. The zero-order valence-corrected chi connectivity index (χ0v) is 18.8. The predicted octanol–water partition coefficient (Wildman–Crippen LogP) is 4.66. The van der Waals surface area contributed by atoms with E-state index < -0.39 is 9.84 Å². The molecule has 3 aromatic carbocycles. The number of fused-ring (bicyclic) bond motifs is 1. The molecule has 32 heavy (non-hydrogen) atoms. The van der Waals surface area contributed by atoms with Crippen molar-refractivity contribution in [2.75, 3.05) is 6.54 Å². The Kier molecular flexibility index (Phi) is 6.42. The molecule has 1 amide bonds. The SMILES string of the molecule is CCN(Cc1ccccc1)C(=O)Cn1cc(S(=O)(=O)Cc2ccccc2)c2ccccc21. The molecule has 0 aliphatic heterocycles. The van der Waals surface area contributed by atoms with Crippen LogP contribution in [-0.4, -0.2) is 30.3 Å². The number of rotatable bonds is 8. The lowest BCUT2D eigenvalue weighted by Crippen LogP contribution is -2.33. The van der Waals surface area contributed by atoms with Gasteiger partial charge >= 0.3 is 0 Å². The van der Waals surface area contributed by atoms with E-state index in [9.17, 15) is 13.2 Å².